The SMILES string of the molecule is O=C(O)c1ccc(Cl)nc1SCc1ccc(Cl)cc1. The first kappa shape index (κ1) is 14.2. The molecule has 0 aliphatic carbocycles. The normalized spacial score (nSPS) is 10.4. The third-order valence-corrected chi connectivity index (χ3v) is 3.87. The van der Waals surface area contributed by atoms with Crippen molar-refractivity contribution in [3.05, 3.63) is 57.7 Å². The Morgan fingerprint density at radius 1 is 1.16 bits per heavy atom. The van der Waals surface area contributed by atoms with Gasteiger partial charge in [0.25, 0.3) is 0 Å². The summed E-state index contributed by atoms with van der Waals surface area (Å²) >= 11 is 12.9. The smallest absolute Gasteiger partial charge is 0.338 e. The molecule has 19 heavy (non-hydrogen) atoms. The number of hydrogen-bond acceptors (Lipinski definition) is 3. The van der Waals surface area contributed by atoms with Crippen LogP contribution in [0.1, 0.15) is 15.9 Å². The van der Waals surface area contributed by atoms with Gasteiger partial charge in [-0.15, -0.1) is 11.8 Å². The van der Waals surface area contributed by atoms with Gasteiger partial charge < -0.3 is 5.11 Å². The van der Waals surface area contributed by atoms with Crippen LogP contribution in [-0.2, 0) is 5.75 Å². The van der Waals surface area contributed by atoms with Crippen molar-refractivity contribution in [2.45, 2.75) is 10.8 Å². The van der Waals surface area contributed by atoms with E-state index in [9.17, 15) is 4.79 Å². The summed E-state index contributed by atoms with van der Waals surface area (Å²) in [6, 6.07) is 10.3. The van der Waals surface area contributed by atoms with Crippen LogP contribution >= 0.6 is 35.0 Å². The zero-order valence-corrected chi connectivity index (χ0v) is 12.0. The quantitative estimate of drug-likeness (QED) is 0.672. The molecule has 0 atom stereocenters. The lowest BCUT2D eigenvalue weighted by Crippen LogP contribution is -2.01. The summed E-state index contributed by atoms with van der Waals surface area (Å²) in [6.45, 7) is 0. The van der Waals surface area contributed by atoms with E-state index < -0.39 is 5.97 Å². The van der Waals surface area contributed by atoms with E-state index in [4.69, 9.17) is 28.3 Å². The van der Waals surface area contributed by atoms with E-state index in [0.717, 1.165) is 5.56 Å². The molecule has 0 spiro atoms. The zero-order chi connectivity index (χ0) is 13.8. The minimum Gasteiger partial charge on any atom is -0.478 e. The highest BCUT2D eigenvalue weighted by Gasteiger charge is 2.12. The van der Waals surface area contributed by atoms with Gasteiger partial charge in [-0.2, -0.15) is 0 Å². The Labute approximate surface area is 124 Å². The van der Waals surface area contributed by atoms with E-state index in [1.165, 1.54) is 23.9 Å². The van der Waals surface area contributed by atoms with E-state index in [2.05, 4.69) is 4.98 Å². The molecule has 2 rings (SSSR count). The van der Waals surface area contributed by atoms with Crippen molar-refractivity contribution in [3.63, 3.8) is 0 Å². The molecular formula is C13H9Cl2NO2S. The maximum atomic E-state index is 11.1. The van der Waals surface area contributed by atoms with Crippen molar-refractivity contribution in [1.29, 1.82) is 0 Å². The van der Waals surface area contributed by atoms with Gasteiger partial charge in [0.1, 0.15) is 10.2 Å². The Balaban J connectivity index is 2.16. The van der Waals surface area contributed by atoms with Gasteiger partial charge in [0.15, 0.2) is 0 Å². The summed E-state index contributed by atoms with van der Waals surface area (Å²) < 4.78 is 0. The van der Waals surface area contributed by atoms with Crippen molar-refractivity contribution in [3.8, 4) is 0 Å². The molecule has 6 heteroatoms. The minimum atomic E-state index is -1.01. The number of aromatic nitrogens is 1. The summed E-state index contributed by atoms with van der Waals surface area (Å²) in [5.41, 5.74) is 1.19. The first-order chi connectivity index (χ1) is 9.06. The number of aromatic carboxylic acids is 1. The number of nitrogens with zero attached hydrogens (tertiary/aromatic N) is 1. The fourth-order valence-corrected chi connectivity index (χ4v) is 2.72. The van der Waals surface area contributed by atoms with Crippen molar-refractivity contribution < 1.29 is 9.90 Å². The molecule has 0 fully saturated rings. The van der Waals surface area contributed by atoms with E-state index in [1.54, 1.807) is 12.1 Å². The van der Waals surface area contributed by atoms with Crippen LogP contribution in [0.5, 0.6) is 0 Å². The van der Waals surface area contributed by atoms with Gasteiger partial charge in [-0.05, 0) is 29.8 Å². The number of carbonyl (C=O) groups is 1. The van der Waals surface area contributed by atoms with Crippen molar-refractivity contribution >= 4 is 40.9 Å². The number of rotatable bonds is 4. The second kappa shape index (κ2) is 6.28. The standard InChI is InChI=1S/C13H9Cl2NO2S/c14-9-3-1-8(2-4-9)7-19-12-10(13(17)18)5-6-11(15)16-12/h1-6H,7H2,(H,17,18). The molecule has 3 nitrogen and oxygen atoms in total. The monoisotopic (exact) mass is 313 g/mol. The zero-order valence-electron chi connectivity index (χ0n) is 9.64. The van der Waals surface area contributed by atoms with Crippen molar-refractivity contribution in [2.75, 3.05) is 0 Å². The Morgan fingerprint density at radius 2 is 1.84 bits per heavy atom. The van der Waals surface area contributed by atoms with Gasteiger partial charge in [-0.3, -0.25) is 0 Å². The minimum absolute atomic E-state index is 0.156. The summed E-state index contributed by atoms with van der Waals surface area (Å²) in [5, 5.41) is 10.4. The Hall–Kier alpha value is -1.23. The molecule has 0 radical (unpaired) electrons. The summed E-state index contributed by atoms with van der Waals surface area (Å²) in [6.07, 6.45) is 0. The highest BCUT2D eigenvalue weighted by atomic mass is 35.5. The average molecular weight is 314 g/mol. The highest BCUT2D eigenvalue weighted by Crippen LogP contribution is 2.26. The third kappa shape index (κ3) is 3.86. The maximum absolute atomic E-state index is 11.1. The first-order valence-electron chi connectivity index (χ1n) is 5.33. The van der Waals surface area contributed by atoms with Gasteiger partial charge in [0, 0.05) is 10.8 Å². The molecule has 98 valence electrons. The van der Waals surface area contributed by atoms with Crippen LogP contribution in [0.15, 0.2) is 41.4 Å². The fourth-order valence-electron chi connectivity index (χ4n) is 1.42. The van der Waals surface area contributed by atoms with Crippen LogP contribution in [0.4, 0.5) is 0 Å². The van der Waals surface area contributed by atoms with Gasteiger partial charge in [-0.25, -0.2) is 9.78 Å². The third-order valence-electron chi connectivity index (χ3n) is 2.35. The molecule has 0 unspecified atom stereocenters. The van der Waals surface area contributed by atoms with E-state index in [-0.39, 0.29) is 10.7 Å². The topological polar surface area (TPSA) is 50.2 Å². The Morgan fingerprint density at radius 3 is 2.47 bits per heavy atom. The number of halogens is 2. The molecular weight excluding hydrogens is 305 g/mol. The molecule has 0 aliphatic rings. The predicted octanol–water partition coefficient (Wildman–Crippen LogP) is 4.38. The summed E-state index contributed by atoms with van der Waals surface area (Å²) in [5.74, 6) is -0.409. The molecule has 0 saturated carbocycles. The van der Waals surface area contributed by atoms with Gasteiger partial charge in [-0.1, -0.05) is 35.3 Å². The molecule has 1 aromatic heterocycles. The van der Waals surface area contributed by atoms with Crippen molar-refractivity contribution in [2.24, 2.45) is 0 Å². The molecule has 2 aromatic rings. The van der Waals surface area contributed by atoms with E-state index >= 15 is 0 Å². The lowest BCUT2D eigenvalue weighted by atomic mass is 10.2. The second-order valence-electron chi connectivity index (χ2n) is 3.71. The molecule has 0 saturated heterocycles. The molecule has 0 aliphatic heterocycles. The average Bonchev–Trinajstić information content (AvgIpc) is 2.38. The number of carboxylic acids is 1. The van der Waals surface area contributed by atoms with Crippen LogP contribution in [0, 0.1) is 0 Å². The molecule has 1 aromatic carbocycles. The Kier molecular flexibility index (Phi) is 4.69. The number of pyridine rings is 1. The van der Waals surface area contributed by atoms with Crippen LogP contribution < -0.4 is 0 Å². The van der Waals surface area contributed by atoms with Crippen LogP contribution in [-0.4, -0.2) is 16.1 Å². The Bertz CT molecular complexity index is 602. The predicted molar refractivity (Wildman–Crippen MR) is 77.2 cm³/mol. The fraction of sp³-hybridized carbons (Fsp3) is 0.0769. The van der Waals surface area contributed by atoms with Crippen LogP contribution in [0.25, 0.3) is 0 Å². The number of benzene rings is 1. The number of carboxylic acid groups (broad SMARTS) is 1. The molecule has 0 amide bonds. The van der Waals surface area contributed by atoms with Crippen molar-refractivity contribution in [1.82, 2.24) is 4.98 Å². The molecule has 1 heterocycles. The molecule has 1 N–H and O–H groups in total. The molecule has 0 bridgehead atoms. The number of thioether (sulfide) groups is 1. The summed E-state index contributed by atoms with van der Waals surface area (Å²) in [4.78, 5) is 15.1. The van der Waals surface area contributed by atoms with Gasteiger partial charge in [0.2, 0.25) is 0 Å². The maximum Gasteiger partial charge on any atom is 0.338 e. The highest BCUT2D eigenvalue weighted by molar-refractivity contribution is 7.98. The first-order valence-corrected chi connectivity index (χ1v) is 7.07. The van der Waals surface area contributed by atoms with Gasteiger partial charge >= 0.3 is 5.97 Å². The largest absolute Gasteiger partial charge is 0.478 e. The number of hydrogen-bond donors (Lipinski definition) is 1. The second-order valence-corrected chi connectivity index (χ2v) is 5.49. The lowest BCUT2D eigenvalue weighted by Gasteiger charge is -2.05. The van der Waals surface area contributed by atoms with E-state index in [0.29, 0.717) is 15.8 Å². The van der Waals surface area contributed by atoms with E-state index in [1.807, 2.05) is 12.1 Å². The van der Waals surface area contributed by atoms with Crippen LogP contribution in [0.2, 0.25) is 10.2 Å². The lowest BCUT2D eigenvalue weighted by molar-refractivity contribution is 0.0692. The summed E-state index contributed by atoms with van der Waals surface area (Å²) in [7, 11) is 0. The van der Waals surface area contributed by atoms with Crippen LogP contribution in [0.3, 0.4) is 0 Å². The van der Waals surface area contributed by atoms with Gasteiger partial charge in [0.05, 0.1) is 5.56 Å².